The zero-order chi connectivity index (χ0) is 18.7. The molecule has 0 aromatic heterocycles. The fourth-order valence-corrected chi connectivity index (χ4v) is 2.72. The van der Waals surface area contributed by atoms with Crippen molar-refractivity contribution in [2.45, 2.75) is 58.6 Å². The third-order valence-electron chi connectivity index (χ3n) is 3.93. The van der Waals surface area contributed by atoms with Gasteiger partial charge in [-0.15, -0.1) is 0 Å². The molecule has 1 aromatic rings. The summed E-state index contributed by atoms with van der Waals surface area (Å²) in [5, 5.41) is 27.7. The molecule has 0 radical (unpaired) electrons. The number of hydrogen-bond acceptors (Lipinski definition) is 4. The lowest BCUT2D eigenvalue weighted by Crippen LogP contribution is -2.47. The van der Waals surface area contributed by atoms with E-state index in [-0.39, 0.29) is 5.69 Å². The number of hydrogen-bond donors (Lipinski definition) is 3. The third kappa shape index (κ3) is 7.51. The van der Waals surface area contributed by atoms with Gasteiger partial charge in [0, 0.05) is 25.2 Å². The van der Waals surface area contributed by atoms with Crippen LogP contribution in [0.25, 0.3) is 0 Å². The molecule has 0 unspecified atom stereocenters. The fourth-order valence-electron chi connectivity index (χ4n) is 2.72. The maximum Gasteiger partial charge on any atom is 0.269 e. The number of aliphatic imine (C=N–C) groups is 1. The predicted molar refractivity (Wildman–Crippen MR) is 101 cm³/mol. The molecule has 0 bridgehead atoms. The number of aliphatic hydroxyl groups is 1. The van der Waals surface area contributed by atoms with Gasteiger partial charge in [0.05, 0.1) is 17.1 Å². The van der Waals surface area contributed by atoms with Crippen molar-refractivity contribution in [1.82, 2.24) is 10.6 Å². The van der Waals surface area contributed by atoms with E-state index in [0.717, 1.165) is 31.2 Å². The summed E-state index contributed by atoms with van der Waals surface area (Å²) >= 11 is 0. The molecule has 3 N–H and O–H groups in total. The van der Waals surface area contributed by atoms with Crippen LogP contribution in [-0.2, 0) is 6.54 Å². The van der Waals surface area contributed by atoms with E-state index >= 15 is 0 Å². The zero-order valence-electron chi connectivity index (χ0n) is 15.4. The molecule has 0 saturated carbocycles. The topological polar surface area (TPSA) is 99.8 Å². The number of rotatable bonds is 10. The second-order valence-electron chi connectivity index (χ2n) is 6.20. The standard InChI is InChI=1S/C18H30N4O3/c1-4-11-18(23,12-5-2)14-21-17(19-6-3)20-13-15-7-9-16(10-8-15)22(24)25/h7-10,23H,4-6,11-14H2,1-3H3,(H2,19,20,21). The molecule has 0 aliphatic carbocycles. The molecule has 25 heavy (non-hydrogen) atoms. The second kappa shape index (κ2) is 10.7. The number of nitrogens with zero attached hydrogens (tertiary/aromatic N) is 2. The van der Waals surface area contributed by atoms with Crippen LogP contribution in [0.15, 0.2) is 29.3 Å². The number of non-ortho nitro benzene ring substituents is 1. The van der Waals surface area contributed by atoms with E-state index in [4.69, 9.17) is 0 Å². The highest BCUT2D eigenvalue weighted by atomic mass is 16.6. The highest BCUT2D eigenvalue weighted by molar-refractivity contribution is 5.79. The van der Waals surface area contributed by atoms with Crippen LogP contribution in [0.2, 0.25) is 0 Å². The van der Waals surface area contributed by atoms with Gasteiger partial charge in [-0.25, -0.2) is 4.99 Å². The van der Waals surface area contributed by atoms with Gasteiger partial charge in [-0.1, -0.05) is 38.8 Å². The molecule has 0 saturated heterocycles. The Morgan fingerprint density at radius 2 is 1.76 bits per heavy atom. The van der Waals surface area contributed by atoms with Gasteiger partial charge in [-0.3, -0.25) is 10.1 Å². The average Bonchev–Trinajstić information content (AvgIpc) is 2.58. The van der Waals surface area contributed by atoms with Gasteiger partial charge in [0.2, 0.25) is 0 Å². The SMILES string of the molecule is CCCC(O)(CCC)CNC(=NCc1ccc([N+](=O)[O-])cc1)NCC. The van der Waals surface area contributed by atoms with E-state index in [1.165, 1.54) is 12.1 Å². The summed E-state index contributed by atoms with van der Waals surface area (Å²) in [5.74, 6) is 0.631. The second-order valence-corrected chi connectivity index (χ2v) is 6.20. The monoisotopic (exact) mass is 350 g/mol. The van der Waals surface area contributed by atoms with Crippen LogP contribution in [0.3, 0.4) is 0 Å². The molecule has 0 aliphatic rings. The largest absolute Gasteiger partial charge is 0.388 e. The minimum absolute atomic E-state index is 0.0713. The molecule has 0 amide bonds. The number of nitro benzene ring substituents is 1. The number of benzene rings is 1. The number of nitro groups is 1. The van der Waals surface area contributed by atoms with E-state index in [0.29, 0.717) is 25.6 Å². The van der Waals surface area contributed by atoms with Gasteiger partial charge in [-0.05, 0) is 25.3 Å². The molecule has 0 fully saturated rings. The molecule has 0 atom stereocenters. The Labute approximate surface area is 149 Å². The normalized spacial score (nSPS) is 12.1. The first-order valence-corrected chi connectivity index (χ1v) is 8.92. The quantitative estimate of drug-likeness (QED) is 0.261. The highest BCUT2D eigenvalue weighted by Crippen LogP contribution is 2.18. The smallest absolute Gasteiger partial charge is 0.269 e. The van der Waals surface area contributed by atoms with Crippen molar-refractivity contribution in [1.29, 1.82) is 0 Å². The lowest BCUT2D eigenvalue weighted by Gasteiger charge is -2.28. The predicted octanol–water partition coefficient (Wildman–Crippen LogP) is 2.98. The van der Waals surface area contributed by atoms with Crippen molar-refractivity contribution in [3.05, 3.63) is 39.9 Å². The van der Waals surface area contributed by atoms with E-state index in [1.807, 2.05) is 6.92 Å². The van der Waals surface area contributed by atoms with Crippen molar-refractivity contribution in [3.8, 4) is 0 Å². The molecule has 1 aromatic carbocycles. The van der Waals surface area contributed by atoms with Crippen molar-refractivity contribution >= 4 is 11.6 Å². The van der Waals surface area contributed by atoms with Crippen LogP contribution in [-0.4, -0.2) is 34.7 Å². The van der Waals surface area contributed by atoms with Crippen LogP contribution < -0.4 is 10.6 Å². The highest BCUT2D eigenvalue weighted by Gasteiger charge is 2.24. The maximum absolute atomic E-state index is 10.7. The Bertz CT molecular complexity index is 552. The van der Waals surface area contributed by atoms with Gasteiger partial charge in [-0.2, -0.15) is 0 Å². The lowest BCUT2D eigenvalue weighted by atomic mass is 9.93. The van der Waals surface area contributed by atoms with Crippen LogP contribution >= 0.6 is 0 Å². The van der Waals surface area contributed by atoms with E-state index in [9.17, 15) is 15.2 Å². The Morgan fingerprint density at radius 1 is 1.16 bits per heavy atom. The summed E-state index contributed by atoms with van der Waals surface area (Å²) in [6.45, 7) is 7.68. The van der Waals surface area contributed by atoms with Crippen molar-refractivity contribution in [3.63, 3.8) is 0 Å². The molecule has 0 aliphatic heterocycles. The first-order valence-electron chi connectivity index (χ1n) is 8.92. The fraction of sp³-hybridized carbons (Fsp3) is 0.611. The molecule has 7 nitrogen and oxygen atoms in total. The van der Waals surface area contributed by atoms with Crippen LogP contribution in [0.5, 0.6) is 0 Å². The van der Waals surface area contributed by atoms with Gasteiger partial charge in [0.15, 0.2) is 5.96 Å². The molecule has 7 heteroatoms. The molecular weight excluding hydrogens is 320 g/mol. The van der Waals surface area contributed by atoms with E-state index < -0.39 is 10.5 Å². The van der Waals surface area contributed by atoms with Gasteiger partial charge >= 0.3 is 0 Å². The van der Waals surface area contributed by atoms with Crippen molar-refractivity contribution < 1.29 is 10.0 Å². The maximum atomic E-state index is 10.7. The molecule has 140 valence electrons. The minimum Gasteiger partial charge on any atom is -0.388 e. The third-order valence-corrected chi connectivity index (χ3v) is 3.93. The Hall–Kier alpha value is -2.15. The number of nitrogens with one attached hydrogen (secondary N) is 2. The Morgan fingerprint density at radius 3 is 2.24 bits per heavy atom. The lowest BCUT2D eigenvalue weighted by molar-refractivity contribution is -0.384. The summed E-state index contributed by atoms with van der Waals surface area (Å²) in [6, 6.07) is 6.37. The average molecular weight is 350 g/mol. The van der Waals surface area contributed by atoms with E-state index in [1.54, 1.807) is 12.1 Å². The first kappa shape index (κ1) is 20.9. The van der Waals surface area contributed by atoms with Gasteiger partial charge < -0.3 is 15.7 Å². The summed E-state index contributed by atoms with van der Waals surface area (Å²) < 4.78 is 0. The van der Waals surface area contributed by atoms with Crippen LogP contribution in [0, 0.1) is 10.1 Å². The van der Waals surface area contributed by atoms with Gasteiger partial charge in [0.25, 0.3) is 5.69 Å². The summed E-state index contributed by atoms with van der Waals surface area (Å²) in [7, 11) is 0. The molecule has 0 heterocycles. The number of guanidine groups is 1. The van der Waals surface area contributed by atoms with Crippen molar-refractivity contribution in [2.75, 3.05) is 13.1 Å². The van der Waals surface area contributed by atoms with Gasteiger partial charge in [0.1, 0.15) is 0 Å². The molecule has 0 spiro atoms. The van der Waals surface area contributed by atoms with E-state index in [2.05, 4.69) is 29.5 Å². The molecular formula is C18H30N4O3. The summed E-state index contributed by atoms with van der Waals surface area (Å²) in [6.07, 6.45) is 3.34. The Balaban J connectivity index is 2.71. The van der Waals surface area contributed by atoms with Crippen LogP contribution in [0.4, 0.5) is 5.69 Å². The Kier molecular flexibility index (Phi) is 8.91. The van der Waals surface area contributed by atoms with Crippen molar-refractivity contribution in [2.24, 2.45) is 4.99 Å². The summed E-state index contributed by atoms with van der Waals surface area (Å²) in [4.78, 5) is 14.8. The van der Waals surface area contributed by atoms with Crippen LogP contribution in [0.1, 0.15) is 52.0 Å². The summed E-state index contributed by atoms with van der Waals surface area (Å²) in [5.41, 5.74) is 0.231. The molecule has 1 rings (SSSR count). The first-order chi connectivity index (χ1) is 11.9. The minimum atomic E-state index is -0.729. The zero-order valence-corrected chi connectivity index (χ0v) is 15.4.